The van der Waals surface area contributed by atoms with E-state index in [1.54, 1.807) is 23.1 Å². The molecule has 0 aliphatic carbocycles. The second-order valence-corrected chi connectivity index (χ2v) is 3.15. The van der Waals surface area contributed by atoms with Gasteiger partial charge < -0.3 is 10.0 Å². The molecule has 0 bridgehead atoms. The SMILES string of the molecule is CCN(CC)C(=O)c1cccc(CO)n1. The first kappa shape index (κ1) is 11.7. The number of rotatable bonds is 4. The Bertz CT molecular complexity index is 335. The van der Waals surface area contributed by atoms with Crippen LogP contribution < -0.4 is 0 Å². The van der Waals surface area contributed by atoms with Crippen LogP contribution in [0.4, 0.5) is 0 Å². The summed E-state index contributed by atoms with van der Waals surface area (Å²) in [6, 6.07) is 5.09. The number of aliphatic hydroxyl groups is 1. The normalized spacial score (nSPS) is 10.1. The Morgan fingerprint density at radius 2 is 2.07 bits per heavy atom. The fourth-order valence-corrected chi connectivity index (χ4v) is 1.36. The lowest BCUT2D eigenvalue weighted by molar-refractivity contribution is 0.0766. The zero-order valence-electron chi connectivity index (χ0n) is 9.10. The van der Waals surface area contributed by atoms with Crippen LogP contribution >= 0.6 is 0 Å². The highest BCUT2D eigenvalue weighted by atomic mass is 16.3. The van der Waals surface area contributed by atoms with Gasteiger partial charge in [-0.2, -0.15) is 0 Å². The summed E-state index contributed by atoms with van der Waals surface area (Å²) >= 11 is 0. The minimum absolute atomic E-state index is 0.0877. The average molecular weight is 208 g/mol. The lowest BCUT2D eigenvalue weighted by Gasteiger charge is -2.17. The summed E-state index contributed by atoms with van der Waals surface area (Å²) in [7, 11) is 0. The highest BCUT2D eigenvalue weighted by Gasteiger charge is 2.13. The second-order valence-electron chi connectivity index (χ2n) is 3.15. The highest BCUT2D eigenvalue weighted by Crippen LogP contribution is 2.03. The lowest BCUT2D eigenvalue weighted by atomic mass is 10.2. The molecule has 0 atom stereocenters. The summed E-state index contributed by atoms with van der Waals surface area (Å²) in [4.78, 5) is 17.6. The molecule has 0 spiro atoms. The number of hydrogen-bond donors (Lipinski definition) is 1. The zero-order chi connectivity index (χ0) is 11.3. The molecule has 1 N–H and O–H groups in total. The number of pyridine rings is 1. The number of amides is 1. The molecule has 4 heteroatoms. The smallest absolute Gasteiger partial charge is 0.272 e. The zero-order valence-corrected chi connectivity index (χ0v) is 9.10. The lowest BCUT2D eigenvalue weighted by Crippen LogP contribution is -2.31. The Morgan fingerprint density at radius 1 is 1.40 bits per heavy atom. The Morgan fingerprint density at radius 3 is 2.60 bits per heavy atom. The van der Waals surface area contributed by atoms with Crippen LogP contribution in [0.25, 0.3) is 0 Å². The van der Waals surface area contributed by atoms with Crippen LogP contribution in [0, 0.1) is 0 Å². The van der Waals surface area contributed by atoms with Crippen molar-refractivity contribution in [2.24, 2.45) is 0 Å². The van der Waals surface area contributed by atoms with Crippen molar-refractivity contribution >= 4 is 5.91 Å². The van der Waals surface area contributed by atoms with Crippen LogP contribution in [0.15, 0.2) is 18.2 Å². The Hall–Kier alpha value is -1.42. The van der Waals surface area contributed by atoms with Crippen molar-refractivity contribution < 1.29 is 9.90 Å². The van der Waals surface area contributed by atoms with Crippen molar-refractivity contribution in [1.82, 2.24) is 9.88 Å². The van der Waals surface area contributed by atoms with Crippen LogP contribution in [-0.2, 0) is 6.61 Å². The molecule has 0 aromatic carbocycles. The van der Waals surface area contributed by atoms with E-state index in [2.05, 4.69) is 4.98 Å². The fourth-order valence-electron chi connectivity index (χ4n) is 1.36. The summed E-state index contributed by atoms with van der Waals surface area (Å²) in [5.41, 5.74) is 0.915. The maximum absolute atomic E-state index is 11.9. The van der Waals surface area contributed by atoms with Crippen molar-refractivity contribution in [1.29, 1.82) is 0 Å². The number of aliphatic hydroxyl groups excluding tert-OH is 1. The first-order valence-electron chi connectivity index (χ1n) is 5.09. The van der Waals surface area contributed by atoms with Crippen molar-refractivity contribution in [3.63, 3.8) is 0 Å². The van der Waals surface area contributed by atoms with E-state index < -0.39 is 0 Å². The van der Waals surface area contributed by atoms with Gasteiger partial charge in [-0.3, -0.25) is 4.79 Å². The molecule has 0 aliphatic rings. The van der Waals surface area contributed by atoms with Crippen molar-refractivity contribution in [2.75, 3.05) is 13.1 Å². The third kappa shape index (κ3) is 2.76. The third-order valence-electron chi connectivity index (χ3n) is 2.24. The Labute approximate surface area is 89.6 Å². The van der Waals surface area contributed by atoms with Gasteiger partial charge in [0.2, 0.25) is 0 Å². The van der Waals surface area contributed by atoms with E-state index in [1.165, 1.54) is 0 Å². The van der Waals surface area contributed by atoms with Gasteiger partial charge in [-0.1, -0.05) is 6.07 Å². The predicted octanol–water partition coefficient (Wildman–Crippen LogP) is 1.06. The molecule has 0 unspecified atom stereocenters. The van der Waals surface area contributed by atoms with E-state index in [9.17, 15) is 4.79 Å². The van der Waals surface area contributed by atoms with Crippen LogP contribution in [-0.4, -0.2) is 34.0 Å². The molecule has 82 valence electrons. The van der Waals surface area contributed by atoms with Gasteiger partial charge in [0.05, 0.1) is 12.3 Å². The summed E-state index contributed by atoms with van der Waals surface area (Å²) < 4.78 is 0. The molecule has 1 heterocycles. The van der Waals surface area contributed by atoms with E-state index in [-0.39, 0.29) is 12.5 Å². The molecule has 0 aliphatic heterocycles. The van der Waals surface area contributed by atoms with Gasteiger partial charge in [-0.05, 0) is 26.0 Å². The van der Waals surface area contributed by atoms with E-state index >= 15 is 0 Å². The number of carbonyl (C=O) groups is 1. The van der Waals surface area contributed by atoms with Crippen molar-refractivity contribution in [3.8, 4) is 0 Å². The number of hydrogen-bond acceptors (Lipinski definition) is 3. The maximum Gasteiger partial charge on any atom is 0.272 e. The minimum atomic E-state index is -0.140. The molecular formula is C11H16N2O2. The van der Waals surface area contributed by atoms with E-state index in [0.29, 0.717) is 24.5 Å². The molecule has 0 fully saturated rings. The highest BCUT2D eigenvalue weighted by molar-refractivity contribution is 5.92. The first-order chi connectivity index (χ1) is 7.22. The molecule has 1 rings (SSSR count). The van der Waals surface area contributed by atoms with Gasteiger partial charge in [0, 0.05) is 13.1 Å². The van der Waals surface area contributed by atoms with E-state index in [1.807, 2.05) is 13.8 Å². The molecule has 15 heavy (non-hydrogen) atoms. The third-order valence-corrected chi connectivity index (χ3v) is 2.24. The molecule has 4 nitrogen and oxygen atoms in total. The van der Waals surface area contributed by atoms with Crippen LogP contribution in [0.3, 0.4) is 0 Å². The van der Waals surface area contributed by atoms with Crippen LogP contribution in [0.2, 0.25) is 0 Å². The van der Waals surface area contributed by atoms with Gasteiger partial charge in [-0.15, -0.1) is 0 Å². The Kier molecular flexibility index (Phi) is 4.24. The van der Waals surface area contributed by atoms with Gasteiger partial charge in [0.15, 0.2) is 0 Å². The molecule has 0 saturated heterocycles. The van der Waals surface area contributed by atoms with Crippen molar-refractivity contribution in [2.45, 2.75) is 20.5 Å². The summed E-state index contributed by atoms with van der Waals surface area (Å²) in [6.45, 7) is 5.05. The molecular weight excluding hydrogens is 192 g/mol. The fraction of sp³-hybridized carbons (Fsp3) is 0.455. The van der Waals surface area contributed by atoms with E-state index in [0.717, 1.165) is 0 Å². The molecule has 1 aromatic heterocycles. The summed E-state index contributed by atoms with van der Waals surface area (Å²) in [5.74, 6) is -0.0877. The van der Waals surface area contributed by atoms with E-state index in [4.69, 9.17) is 5.11 Å². The van der Waals surface area contributed by atoms with Crippen LogP contribution in [0.5, 0.6) is 0 Å². The van der Waals surface area contributed by atoms with Gasteiger partial charge in [0.25, 0.3) is 5.91 Å². The van der Waals surface area contributed by atoms with Crippen molar-refractivity contribution in [3.05, 3.63) is 29.6 Å². The topological polar surface area (TPSA) is 53.4 Å². The quantitative estimate of drug-likeness (QED) is 0.804. The average Bonchev–Trinajstić information content (AvgIpc) is 2.30. The number of nitrogens with zero attached hydrogens (tertiary/aromatic N) is 2. The molecule has 1 amide bonds. The monoisotopic (exact) mass is 208 g/mol. The maximum atomic E-state index is 11.9. The second kappa shape index (κ2) is 5.46. The summed E-state index contributed by atoms with van der Waals surface area (Å²) in [6.07, 6.45) is 0. The largest absolute Gasteiger partial charge is 0.390 e. The molecule has 0 saturated carbocycles. The molecule has 0 radical (unpaired) electrons. The van der Waals surface area contributed by atoms with Gasteiger partial charge in [-0.25, -0.2) is 4.98 Å². The predicted molar refractivity (Wildman–Crippen MR) is 57.4 cm³/mol. The number of aromatic nitrogens is 1. The van der Waals surface area contributed by atoms with Gasteiger partial charge >= 0.3 is 0 Å². The number of carbonyl (C=O) groups excluding carboxylic acids is 1. The Balaban J connectivity index is 2.90. The standard InChI is InChI=1S/C11H16N2O2/c1-3-13(4-2)11(15)10-7-5-6-9(8-14)12-10/h5-7,14H,3-4,8H2,1-2H3. The van der Waals surface area contributed by atoms with Crippen LogP contribution in [0.1, 0.15) is 30.0 Å². The van der Waals surface area contributed by atoms with Gasteiger partial charge in [0.1, 0.15) is 5.69 Å². The molecule has 1 aromatic rings. The minimum Gasteiger partial charge on any atom is -0.390 e. The first-order valence-corrected chi connectivity index (χ1v) is 5.09. The summed E-state index contributed by atoms with van der Waals surface area (Å²) in [5, 5.41) is 8.91.